The molecule has 0 spiro atoms. The first-order chi connectivity index (χ1) is 16.9. The highest BCUT2D eigenvalue weighted by atomic mass is 16.5. The number of pyridine rings is 2. The monoisotopic (exact) mass is 477 g/mol. The average molecular weight is 478 g/mol. The lowest BCUT2D eigenvalue weighted by Crippen LogP contribution is -2.35. The van der Waals surface area contributed by atoms with Gasteiger partial charge in [0.25, 0.3) is 5.56 Å². The second-order valence-electron chi connectivity index (χ2n) is 8.04. The summed E-state index contributed by atoms with van der Waals surface area (Å²) in [6.07, 6.45) is 3.77. The summed E-state index contributed by atoms with van der Waals surface area (Å²) in [5.41, 5.74) is 8.64. The Morgan fingerprint density at radius 1 is 1.09 bits per heavy atom. The molecule has 1 aliphatic heterocycles. The Morgan fingerprint density at radius 2 is 1.80 bits per heavy atom. The lowest BCUT2D eigenvalue weighted by atomic mass is 9.84. The number of fused-ring (bicyclic) bond motifs is 1. The number of carbonyl (C=O) groups is 1. The van der Waals surface area contributed by atoms with Crippen LogP contribution in [0.5, 0.6) is 17.2 Å². The predicted octanol–water partition coefficient (Wildman–Crippen LogP) is 2.68. The number of esters is 1. The predicted molar refractivity (Wildman–Crippen MR) is 129 cm³/mol. The zero-order valence-corrected chi connectivity index (χ0v) is 20.0. The van der Waals surface area contributed by atoms with Crippen LogP contribution in [0.3, 0.4) is 0 Å². The van der Waals surface area contributed by atoms with Crippen LogP contribution in [0.2, 0.25) is 0 Å². The molecule has 0 amide bonds. The van der Waals surface area contributed by atoms with Gasteiger partial charge in [0.1, 0.15) is 11.3 Å². The third-order valence-corrected chi connectivity index (χ3v) is 6.09. The van der Waals surface area contributed by atoms with E-state index in [1.807, 2.05) is 25.1 Å². The molecule has 2 N–H and O–H groups in total. The number of ether oxygens (including phenoxy) is 4. The van der Waals surface area contributed by atoms with E-state index in [9.17, 15) is 9.59 Å². The number of hydrogen-bond acceptors (Lipinski definition) is 8. The number of methoxy groups -OCH3 is 3. The van der Waals surface area contributed by atoms with Gasteiger partial charge >= 0.3 is 5.97 Å². The molecule has 1 unspecified atom stereocenters. The van der Waals surface area contributed by atoms with E-state index in [-0.39, 0.29) is 17.0 Å². The molecule has 1 atom stereocenters. The summed E-state index contributed by atoms with van der Waals surface area (Å²) >= 11 is 0. The fourth-order valence-corrected chi connectivity index (χ4v) is 4.34. The van der Waals surface area contributed by atoms with Crippen molar-refractivity contribution in [3.8, 4) is 17.2 Å². The molecule has 0 bridgehead atoms. The molecule has 0 aliphatic carbocycles. The molecule has 0 fully saturated rings. The van der Waals surface area contributed by atoms with Gasteiger partial charge in [-0.3, -0.25) is 9.78 Å². The summed E-state index contributed by atoms with van der Waals surface area (Å²) in [6.45, 7) is 2.24. The third-order valence-electron chi connectivity index (χ3n) is 6.09. The molecule has 1 aliphatic rings. The molecule has 9 heteroatoms. The molecular weight excluding hydrogens is 450 g/mol. The number of benzene rings is 1. The van der Waals surface area contributed by atoms with Crippen molar-refractivity contribution in [2.45, 2.75) is 25.8 Å². The van der Waals surface area contributed by atoms with Crippen molar-refractivity contribution in [1.29, 1.82) is 0 Å². The van der Waals surface area contributed by atoms with E-state index in [2.05, 4.69) is 4.98 Å². The summed E-state index contributed by atoms with van der Waals surface area (Å²) in [5, 5.41) is 0. The van der Waals surface area contributed by atoms with Crippen LogP contribution >= 0.6 is 0 Å². The largest absolute Gasteiger partial charge is 0.493 e. The molecule has 0 saturated carbocycles. The van der Waals surface area contributed by atoms with Gasteiger partial charge in [0, 0.05) is 30.7 Å². The molecular formula is C26H27N3O6. The van der Waals surface area contributed by atoms with Gasteiger partial charge in [-0.1, -0.05) is 6.07 Å². The van der Waals surface area contributed by atoms with E-state index < -0.39 is 11.9 Å². The van der Waals surface area contributed by atoms with E-state index in [0.29, 0.717) is 47.0 Å². The zero-order valence-electron chi connectivity index (χ0n) is 20.0. The van der Waals surface area contributed by atoms with Crippen molar-refractivity contribution in [1.82, 2.24) is 9.55 Å². The second-order valence-corrected chi connectivity index (χ2v) is 8.04. The van der Waals surface area contributed by atoms with Gasteiger partial charge in [0.05, 0.1) is 32.8 Å². The molecule has 3 aromatic rings. The first-order valence-electron chi connectivity index (χ1n) is 11.0. The summed E-state index contributed by atoms with van der Waals surface area (Å²) in [7, 11) is 4.42. The van der Waals surface area contributed by atoms with E-state index in [1.165, 1.54) is 7.11 Å². The van der Waals surface area contributed by atoms with Gasteiger partial charge in [-0.25, -0.2) is 4.79 Å². The summed E-state index contributed by atoms with van der Waals surface area (Å²) in [5.74, 6) is 0.0701. The number of hydrogen-bond donors (Lipinski definition) is 1. The van der Waals surface area contributed by atoms with Crippen molar-refractivity contribution in [2.24, 2.45) is 5.73 Å². The van der Waals surface area contributed by atoms with Crippen LogP contribution < -0.4 is 25.5 Å². The molecule has 1 aromatic carbocycles. The Bertz CT molecular complexity index is 1350. The van der Waals surface area contributed by atoms with Crippen LogP contribution in [0, 0.1) is 6.92 Å². The van der Waals surface area contributed by atoms with Gasteiger partial charge in [0.15, 0.2) is 11.5 Å². The smallest absolute Gasteiger partial charge is 0.340 e. The highest BCUT2D eigenvalue weighted by Crippen LogP contribution is 2.41. The van der Waals surface area contributed by atoms with Crippen molar-refractivity contribution < 1.29 is 23.7 Å². The molecule has 35 heavy (non-hydrogen) atoms. The van der Waals surface area contributed by atoms with Crippen LogP contribution in [0.4, 0.5) is 0 Å². The highest BCUT2D eigenvalue weighted by molar-refractivity contribution is 5.92. The second kappa shape index (κ2) is 9.92. The minimum Gasteiger partial charge on any atom is -0.493 e. The van der Waals surface area contributed by atoms with Crippen LogP contribution in [0.1, 0.15) is 28.3 Å². The van der Waals surface area contributed by atoms with Gasteiger partial charge < -0.3 is 29.2 Å². The average Bonchev–Trinajstić information content (AvgIpc) is 2.87. The molecule has 182 valence electrons. The molecule has 9 nitrogen and oxygen atoms in total. The SMILES string of the molecule is COC(=O)C1=C(N)Oc2cc(C)n(CCc3ccc(OC)c(OC)c3)c(=O)c2C1c1ccncc1. The van der Waals surface area contributed by atoms with Gasteiger partial charge in [0.2, 0.25) is 5.88 Å². The number of aromatic nitrogens is 2. The topological polar surface area (TPSA) is 115 Å². The fraction of sp³-hybridized carbons (Fsp3) is 0.269. The normalized spacial score (nSPS) is 14.7. The fourth-order valence-electron chi connectivity index (χ4n) is 4.34. The maximum absolute atomic E-state index is 13.8. The van der Waals surface area contributed by atoms with Crippen molar-refractivity contribution in [3.05, 3.63) is 93.0 Å². The van der Waals surface area contributed by atoms with Gasteiger partial charge in [-0.05, 0) is 48.7 Å². The minimum atomic E-state index is -0.755. The van der Waals surface area contributed by atoms with Crippen LogP contribution in [-0.2, 0) is 22.5 Å². The summed E-state index contributed by atoms with van der Waals surface area (Å²) < 4.78 is 23.1. The quantitative estimate of drug-likeness (QED) is 0.517. The standard InChI is InChI=1S/C26H27N3O6/c1-15-13-20-22(21(17-7-10-28-11-8-17)23(24(27)35-20)26(31)34-4)25(30)29(15)12-9-16-5-6-18(32-2)19(14-16)33-3/h5-8,10-11,13-14,21H,9,12,27H2,1-4H3. The molecule has 2 aromatic heterocycles. The Hall–Kier alpha value is -4.27. The van der Waals surface area contributed by atoms with Crippen LogP contribution in [0.15, 0.2) is 65.0 Å². The van der Waals surface area contributed by atoms with Crippen molar-refractivity contribution >= 4 is 5.97 Å². The Kier molecular flexibility index (Phi) is 6.77. The molecule has 4 rings (SSSR count). The number of nitrogens with two attached hydrogens (primary N) is 1. The van der Waals surface area contributed by atoms with Crippen molar-refractivity contribution in [3.63, 3.8) is 0 Å². The maximum atomic E-state index is 13.8. The van der Waals surface area contributed by atoms with E-state index in [1.54, 1.807) is 49.4 Å². The highest BCUT2D eigenvalue weighted by Gasteiger charge is 2.38. The third kappa shape index (κ3) is 4.44. The molecule has 0 radical (unpaired) electrons. The lowest BCUT2D eigenvalue weighted by molar-refractivity contribution is -0.136. The van der Waals surface area contributed by atoms with Crippen molar-refractivity contribution in [2.75, 3.05) is 21.3 Å². The van der Waals surface area contributed by atoms with Crippen LogP contribution in [0.25, 0.3) is 0 Å². The lowest BCUT2D eigenvalue weighted by Gasteiger charge is -2.28. The number of carbonyl (C=O) groups excluding carboxylic acids is 1. The van der Waals surface area contributed by atoms with Crippen LogP contribution in [-0.4, -0.2) is 36.8 Å². The Morgan fingerprint density at radius 3 is 2.46 bits per heavy atom. The maximum Gasteiger partial charge on any atom is 0.340 e. The molecule has 0 saturated heterocycles. The Balaban J connectivity index is 1.78. The number of aryl methyl sites for hydroxylation is 2. The summed E-state index contributed by atoms with van der Waals surface area (Å²) in [4.78, 5) is 30.6. The first kappa shape index (κ1) is 23.9. The van der Waals surface area contributed by atoms with E-state index in [0.717, 1.165) is 5.56 Å². The number of nitrogens with zero attached hydrogens (tertiary/aromatic N) is 2. The summed E-state index contributed by atoms with van der Waals surface area (Å²) in [6, 6.07) is 10.9. The van der Waals surface area contributed by atoms with Gasteiger partial charge in [-0.2, -0.15) is 0 Å². The Labute approximate surface area is 202 Å². The van der Waals surface area contributed by atoms with Gasteiger partial charge in [-0.15, -0.1) is 0 Å². The molecule has 3 heterocycles. The zero-order chi connectivity index (χ0) is 25.1. The number of rotatable bonds is 7. The minimum absolute atomic E-state index is 0.0820. The van der Waals surface area contributed by atoms with E-state index >= 15 is 0 Å². The first-order valence-corrected chi connectivity index (χ1v) is 11.0. The van der Waals surface area contributed by atoms with E-state index in [4.69, 9.17) is 24.7 Å².